The number of aryl methyl sites for hydroxylation is 2. The maximum Gasteiger partial charge on any atom is 0.0421 e. The first-order chi connectivity index (χ1) is 8.66. The fraction of sp³-hybridized carbons (Fsp3) is 0.333. The molecule has 0 fully saturated rings. The van der Waals surface area contributed by atoms with E-state index >= 15 is 0 Å². The summed E-state index contributed by atoms with van der Waals surface area (Å²) in [5, 5.41) is 5.56. The number of nitrogens with one attached hydrogen (secondary N) is 1. The van der Waals surface area contributed by atoms with E-state index in [2.05, 4.69) is 54.9 Å². The third-order valence-corrected chi connectivity index (χ3v) is 4.15. The van der Waals surface area contributed by atoms with Crippen LogP contribution in [0.4, 0.5) is 0 Å². The van der Waals surface area contributed by atoms with E-state index in [1.165, 1.54) is 21.6 Å². The van der Waals surface area contributed by atoms with E-state index in [0.29, 0.717) is 0 Å². The molecule has 0 saturated heterocycles. The van der Waals surface area contributed by atoms with Crippen LogP contribution >= 0.6 is 11.3 Å². The Balaban J connectivity index is 1.83. The molecule has 1 heterocycles. The zero-order valence-electron chi connectivity index (χ0n) is 10.9. The van der Waals surface area contributed by atoms with E-state index in [0.717, 1.165) is 13.1 Å². The van der Waals surface area contributed by atoms with Gasteiger partial charge in [-0.05, 0) is 36.4 Å². The highest BCUT2D eigenvalue weighted by Gasteiger charge is 2.06. The van der Waals surface area contributed by atoms with Crippen molar-refractivity contribution in [1.82, 2.24) is 5.32 Å². The molecule has 96 valence electrons. The van der Waals surface area contributed by atoms with E-state index < -0.39 is 0 Å². The molecular formula is C15H20N2S. The minimum absolute atomic E-state index is 0.0610. The molecule has 0 amide bonds. The number of hydrogen-bond acceptors (Lipinski definition) is 3. The molecule has 0 aliphatic carbocycles. The summed E-state index contributed by atoms with van der Waals surface area (Å²) in [7, 11) is 0. The molecule has 1 aromatic heterocycles. The summed E-state index contributed by atoms with van der Waals surface area (Å²) in [6, 6.07) is 10.7. The smallest absolute Gasteiger partial charge is 0.0421 e. The molecule has 1 atom stereocenters. The van der Waals surface area contributed by atoms with Crippen LogP contribution in [0.5, 0.6) is 0 Å². The van der Waals surface area contributed by atoms with Gasteiger partial charge in [-0.15, -0.1) is 11.3 Å². The first-order valence-corrected chi connectivity index (χ1v) is 7.10. The minimum atomic E-state index is 0.0610. The van der Waals surface area contributed by atoms with Crippen LogP contribution in [-0.2, 0) is 6.54 Å². The lowest BCUT2D eigenvalue weighted by Crippen LogP contribution is -2.26. The van der Waals surface area contributed by atoms with Crippen molar-refractivity contribution in [1.29, 1.82) is 0 Å². The average Bonchev–Trinajstić information content (AvgIpc) is 2.76. The van der Waals surface area contributed by atoms with Crippen molar-refractivity contribution in [2.45, 2.75) is 26.4 Å². The normalized spacial score (nSPS) is 12.6. The Kier molecular flexibility index (Phi) is 4.53. The number of nitrogens with two attached hydrogens (primary N) is 1. The van der Waals surface area contributed by atoms with Gasteiger partial charge in [0.2, 0.25) is 0 Å². The van der Waals surface area contributed by atoms with E-state index in [4.69, 9.17) is 5.73 Å². The summed E-state index contributed by atoms with van der Waals surface area (Å²) in [6.07, 6.45) is 0. The van der Waals surface area contributed by atoms with Crippen LogP contribution in [0.25, 0.3) is 0 Å². The van der Waals surface area contributed by atoms with Crippen molar-refractivity contribution in [3.05, 3.63) is 57.3 Å². The molecule has 2 rings (SSSR count). The van der Waals surface area contributed by atoms with Gasteiger partial charge in [0.1, 0.15) is 0 Å². The van der Waals surface area contributed by atoms with Crippen LogP contribution in [0.15, 0.2) is 35.7 Å². The standard InChI is InChI=1S/C15H20N2S/c1-11-3-5-13(6-4-11)14(16)9-17-10-15-12(2)7-8-18-15/h3-8,14,17H,9-10,16H2,1-2H3. The summed E-state index contributed by atoms with van der Waals surface area (Å²) in [6.45, 7) is 5.95. The lowest BCUT2D eigenvalue weighted by atomic mass is 10.1. The molecular weight excluding hydrogens is 240 g/mol. The van der Waals surface area contributed by atoms with Crippen molar-refractivity contribution in [3.63, 3.8) is 0 Å². The van der Waals surface area contributed by atoms with Crippen molar-refractivity contribution < 1.29 is 0 Å². The molecule has 3 N–H and O–H groups in total. The largest absolute Gasteiger partial charge is 0.323 e. The van der Waals surface area contributed by atoms with Gasteiger partial charge in [0, 0.05) is 24.0 Å². The molecule has 2 nitrogen and oxygen atoms in total. The van der Waals surface area contributed by atoms with E-state index in [9.17, 15) is 0 Å². The van der Waals surface area contributed by atoms with E-state index in [-0.39, 0.29) is 6.04 Å². The van der Waals surface area contributed by atoms with Gasteiger partial charge in [0.15, 0.2) is 0 Å². The Bertz CT molecular complexity index is 487. The highest BCUT2D eigenvalue weighted by molar-refractivity contribution is 7.10. The first-order valence-electron chi connectivity index (χ1n) is 6.22. The molecule has 2 aromatic rings. The minimum Gasteiger partial charge on any atom is -0.323 e. The second kappa shape index (κ2) is 6.14. The maximum absolute atomic E-state index is 6.16. The molecule has 0 spiro atoms. The Morgan fingerprint density at radius 1 is 1.17 bits per heavy atom. The molecule has 0 radical (unpaired) electrons. The lowest BCUT2D eigenvalue weighted by molar-refractivity contribution is 0.600. The van der Waals surface area contributed by atoms with Gasteiger partial charge >= 0.3 is 0 Å². The predicted molar refractivity (Wildman–Crippen MR) is 78.9 cm³/mol. The molecule has 0 bridgehead atoms. The Morgan fingerprint density at radius 2 is 1.89 bits per heavy atom. The summed E-state index contributed by atoms with van der Waals surface area (Å²) in [4.78, 5) is 1.39. The van der Waals surface area contributed by atoms with Crippen LogP contribution in [0, 0.1) is 13.8 Å². The first kappa shape index (κ1) is 13.3. The van der Waals surface area contributed by atoms with Crippen molar-refractivity contribution >= 4 is 11.3 Å². The van der Waals surface area contributed by atoms with Gasteiger partial charge in [-0.2, -0.15) is 0 Å². The van der Waals surface area contributed by atoms with Gasteiger partial charge in [-0.1, -0.05) is 29.8 Å². The van der Waals surface area contributed by atoms with Gasteiger partial charge < -0.3 is 11.1 Å². The van der Waals surface area contributed by atoms with Crippen molar-refractivity contribution in [2.75, 3.05) is 6.54 Å². The highest BCUT2D eigenvalue weighted by Crippen LogP contribution is 2.15. The zero-order chi connectivity index (χ0) is 13.0. The fourth-order valence-corrected chi connectivity index (χ4v) is 2.73. The second-order valence-corrected chi connectivity index (χ2v) is 5.68. The summed E-state index contributed by atoms with van der Waals surface area (Å²) in [5.74, 6) is 0. The molecule has 0 aliphatic heterocycles. The average molecular weight is 260 g/mol. The molecule has 18 heavy (non-hydrogen) atoms. The molecule has 0 saturated carbocycles. The second-order valence-electron chi connectivity index (χ2n) is 4.67. The number of hydrogen-bond donors (Lipinski definition) is 2. The van der Waals surface area contributed by atoms with Crippen molar-refractivity contribution in [3.8, 4) is 0 Å². The summed E-state index contributed by atoms with van der Waals surface area (Å²) in [5.41, 5.74) is 9.98. The Labute approximate surface area is 113 Å². The number of benzene rings is 1. The van der Waals surface area contributed by atoms with Crippen LogP contribution < -0.4 is 11.1 Å². The maximum atomic E-state index is 6.16. The lowest BCUT2D eigenvalue weighted by Gasteiger charge is -2.13. The van der Waals surface area contributed by atoms with Crippen LogP contribution in [0.3, 0.4) is 0 Å². The predicted octanol–water partition coefficient (Wildman–Crippen LogP) is 3.15. The molecule has 1 aromatic carbocycles. The monoisotopic (exact) mass is 260 g/mol. The van der Waals surface area contributed by atoms with Crippen LogP contribution in [-0.4, -0.2) is 6.54 Å². The summed E-state index contributed by atoms with van der Waals surface area (Å²) >= 11 is 1.80. The third kappa shape index (κ3) is 3.42. The van der Waals surface area contributed by atoms with Gasteiger partial charge in [0.05, 0.1) is 0 Å². The van der Waals surface area contributed by atoms with Gasteiger partial charge in [-0.25, -0.2) is 0 Å². The Hall–Kier alpha value is -1.16. The molecule has 1 unspecified atom stereocenters. The Morgan fingerprint density at radius 3 is 2.50 bits per heavy atom. The van der Waals surface area contributed by atoms with E-state index in [1.54, 1.807) is 11.3 Å². The third-order valence-electron chi connectivity index (χ3n) is 3.12. The fourth-order valence-electron chi connectivity index (χ4n) is 1.86. The number of thiophene rings is 1. The highest BCUT2D eigenvalue weighted by atomic mass is 32.1. The quantitative estimate of drug-likeness (QED) is 0.866. The van der Waals surface area contributed by atoms with Gasteiger partial charge in [-0.3, -0.25) is 0 Å². The summed E-state index contributed by atoms with van der Waals surface area (Å²) < 4.78 is 0. The zero-order valence-corrected chi connectivity index (χ0v) is 11.8. The molecule has 0 aliphatic rings. The van der Waals surface area contributed by atoms with Crippen molar-refractivity contribution in [2.24, 2.45) is 5.73 Å². The van der Waals surface area contributed by atoms with Gasteiger partial charge in [0.25, 0.3) is 0 Å². The SMILES string of the molecule is Cc1ccc(C(N)CNCc2sccc2C)cc1. The van der Waals surface area contributed by atoms with E-state index in [1.807, 2.05) is 0 Å². The topological polar surface area (TPSA) is 38.0 Å². The number of rotatable bonds is 5. The molecule has 3 heteroatoms. The van der Waals surface area contributed by atoms with Crippen LogP contribution in [0.1, 0.15) is 27.6 Å². The van der Waals surface area contributed by atoms with Crippen LogP contribution in [0.2, 0.25) is 0 Å².